The van der Waals surface area contributed by atoms with Gasteiger partial charge in [0.1, 0.15) is 21.9 Å². The van der Waals surface area contributed by atoms with Gasteiger partial charge in [0.2, 0.25) is 0 Å². The molecule has 0 aliphatic rings. The van der Waals surface area contributed by atoms with Gasteiger partial charge in [-0.05, 0) is 18.2 Å². The number of benzene rings is 1. The molecule has 2 N–H and O–H groups in total. The second-order valence-electron chi connectivity index (χ2n) is 5.82. The van der Waals surface area contributed by atoms with Gasteiger partial charge in [-0.3, -0.25) is 9.40 Å². The van der Waals surface area contributed by atoms with Crippen molar-refractivity contribution in [1.82, 2.24) is 19.7 Å². The number of alkyl halides is 2. The molecule has 0 saturated heterocycles. The minimum absolute atomic E-state index is 0.154. The topological polar surface area (TPSA) is 92.7 Å². The van der Waals surface area contributed by atoms with Crippen LogP contribution in [0.5, 0.6) is 0 Å². The van der Waals surface area contributed by atoms with E-state index in [1.54, 1.807) is 7.05 Å². The van der Waals surface area contributed by atoms with Crippen molar-refractivity contribution < 1.29 is 21.6 Å². The molecule has 4 rings (SSSR count). The number of halogens is 3. The first-order valence-corrected chi connectivity index (χ1v) is 9.15. The standard InChI is InChI=1S/C16H12F3N5O2S/c1-24-12-5-10(15(16(18)19)22-11(12)6-21-24)23-27(25,26)13-7-20-9-4-2-3-8(17)14(9)13/h2-7,16,20,23H,1H3. The van der Waals surface area contributed by atoms with E-state index in [2.05, 4.69) is 19.8 Å². The third-order valence-electron chi connectivity index (χ3n) is 4.12. The number of aromatic nitrogens is 4. The monoisotopic (exact) mass is 395 g/mol. The van der Waals surface area contributed by atoms with Crippen LogP contribution in [0.1, 0.15) is 12.1 Å². The van der Waals surface area contributed by atoms with Gasteiger partial charge in [-0.2, -0.15) is 5.10 Å². The fraction of sp³-hybridized carbons (Fsp3) is 0.125. The van der Waals surface area contributed by atoms with E-state index >= 15 is 0 Å². The molecule has 27 heavy (non-hydrogen) atoms. The van der Waals surface area contributed by atoms with Gasteiger partial charge in [0.15, 0.2) is 0 Å². The largest absolute Gasteiger partial charge is 0.360 e. The van der Waals surface area contributed by atoms with Gasteiger partial charge >= 0.3 is 0 Å². The number of aryl methyl sites for hydroxylation is 1. The van der Waals surface area contributed by atoms with Crippen molar-refractivity contribution in [3.63, 3.8) is 0 Å². The first-order valence-electron chi connectivity index (χ1n) is 7.67. The number of fused-ring (bicyclic) bond motifs is 2. The van der Waals surface area contributed by atoms with Crippen molar-refractivity contribution >= 4 is 37.6 Å². The molecule has 3 aromatic heterocycles. The Kier molecular flexibility index (Phi) is 3.84. The van der Waals surface area contributed by atoms with Crippen LogP contribution in [0.4, 0.5) is 18.9 Å². The van der Waals surface area contributed by atoms with Crippen LogP contribution in [0.15, 0.2) is 41.6 Å². The lowest BCUT2D eigenvalue weighted by molar-refractivity contribution is 0.147. The molecule has 7 nitrogen and oxygen atoms in total. The summed E-state index contributed by atoms with van der Waals surface area (Å²) in [5, 5.41) is 3.76. The van der Waals surface area contributed by atoms with Crippen molar-refractivity contribution in [2.45, 2.75) is 11.3 Å². The maximum Gasteiger partial charge on any atom is 0.282 e. The van der Waals surface area contributed by atoms with Gasteiger partial charge in [0.25, 0.3) is 16.4 Å². The third-order valence-corrected chi connectivity index (χ3v) is 5.51. The summed E-state index contributed by atoms with van der Waals surface area (Å²) in [6.45, 7) is 0. The maximum atomic E-state index is 14.1. The van der Waals surface area contributed by atoms with Gasteiger partial charge in [-0.15, -0.1) is 0 Å². The first-order chi connectivity index (χ1) is 12.8. The fourth-order valence-electron chi connectivity index (χ4n) is 2.86. The smallest absolute Gasteiger partial charge is 0.282 e. The maximum absolute atomic E-state index is 14.1. The summed E-state index contributed by atoms with van der Waals surface area (Å²) in [6, 6.07) is 5.26. The molecular weight excluding hydrogens is 383 g/mol. The quantitative estimate of drug-likeness (QED) is 0.554. The summed E-state index contributed by atoms with van der Waals surface area (Å²) in [7, 11) is -2.80. The van der Waals surface area contributed by atoms with Crippen LogP contribution >= 0.6 is 0 Å². The molecule has 1 aromatic carbocycles. The van der Waals surface area contributed by atoms with Gasteiger partial charge in [0.05, 0.1) is 22.8 Å². The molecular formula is C16H12F3N5O2S. The lowest BCUT2D eigenvalue weighted by Gasteiger charge is -2.12. The summed E-state index contributed by atoms with van der Waals surface area (Å²) in [6.07, 6.45) is -0.616. The zero-order valence-electron chi connectivity index (χ0n) is 13.7. The Hall–Kier alpha value is -3.08. The first kappa shape index (κ1) is 17.3. The van der Waals surface area contributed by atoms with Crippen LogP contribution in [0.25, 0.3) is 21.9 Å². The van der Waals surface area contributed by atoms with Crippen LogP contribution in [-0.2, 0) is 17.1 Å². The highest BCUT2D eigenvalue weighted by molar-refractivity contribution is 7.93. The lowest BCUT2D eigenvalue weighted by atomic mass is 10.2. The Morgan fingerprint density at radius 3 is 2.81 bits per heavy atom. The second-order valence-corrected chi connectivity index (χ2v) is 7.47. The number of H-pyrrole nitrogens is 1. The molecule has 0 unspecified atom stereocenters. The molecule has 0 spiro atoms. The molecule has 11 heteroatoms. The van der Waals surface area contributed by atoms with Gasteiger partial charge in [0, 0.05) is 18.8 Å². The SMILES string of the molecule is Cn1ncc2nc(C(F)F)c(NS(=O)(=O)c3c[nH]c4cccc(F)c34)cc21. The predicted octanol–water partition coefficient (Wildman–Crippen LogP) is 3.33. The second kappa shape index (κ2) is 5.98. The minimum Gasteiger partial charge on any atom is -0.360 e. The highest BCUT2D eigenvalue weighted by Crippen LogP contribution is 2.32. The highest BCUT2D eigenvalue weighted by atomic mass is 32.2. The van der Waals surface area contributed by atoms with Crippen molar-refractivity contribution in [2.24, 2.45) is 7.05 Å². The third kappa shape index (κ3) is 2.79. The van der Waals surface area contributed by atoms with Crippen molar-refractivity contribution in [2.75, 3.05) is 4.72 Å². The summed E-state index contributed by atoms with van der Waals surface area (Å²) < 4.78 is 69.9. The number of rotatable bonds is 4. The van der Waals surface area contributed by atoms with Gasteiger partial charge in [-0.25, -0.2) is 26.6 Å². The van der Waals surface area contributed by atoms with Gasteiger partial charge in [-0.1, -0.05) is 6.07 Å². The van der Waals surface area contributed by atoms with Crippen molar-refractivity contribution in [1.29, 1.82) is 0 Å². The van der Waals surface area contributed by atoms with Gasteiger partial charge < -0.3 is 4.98 Å². The Labute approximate surface area is 150 Å². The number of pyridine rings is 1. The van der Waals surface area contributed by atoms with E-state index in [4.69, 9.17) is 0 Å². The molecule has 0 amide bonds. The summed E-state index contributed by atoms with van der Waals surface area (Å²) in [4.78, 5) is 6.07. The average Bonchev–Trinajstić information content (AvgIpc) is 3.19. The van der Waals surface area contributed by atoms with E-state index in [-0.39, 0.29) is 21.3 Å². The van der Waals surface area contributed by atoms with E-state index in [0.29, 0.717) is 5.52 Å². The number of hydrogen-bond acceptors (Lipinski definition) is 4. The number of nitrogens with one attached hydrogen (secondary N) is 2. The molecule has 0 bridgehead atoms. The zero-order valence-corrected chi connectivity index (χ0v) is 14.6. The van der Waals surface area contributed by atoms with Crippen LogP contribution in [0.2, 0.25) is 0 Å². The normalized spacial score (nSPS) is 12.3. The summed E-state index contributed by atoms with van der Waals surface area (Å²) in [5.74, 6) is -0.747. The zero-order chi connectivity index (χ0) is 19.3. The molecule has 0 radical (unpaired) electrons. The predicted molar refractivity (Wildman–Crippen MR) is 92.5 cm³/mol. The molecule has 0 aliphatic carbocycles. The minimum atomic E-state index is -4.36. The van der Waals surface area contributed by atoms with Crippen molar-refractivity contribution in [3.05, 3.63) is 48.2 Å². The van der Waals surface area contributed by atoms with E-state index in [9.17, 15) is 21.6 Å². The van der Waals surface area contributed by atoms with Crippen LogP contribution in [0.3, 0.4) is 0 Å². The Bertz CT molecular complexity index is 1280. The number of aromatic amines is 1. The van der Waals surface area contributed by atoms with E-state index in [1.807, 2.05) is 0 Å². The number of sulfonamides is 1. The number of hydrogen-bond donors (Lipinski definition) is 2. The molecule has 4 aromatic rings. The Morgan fingerprint density at radius 2 is 2.07 bits per heavy atom. The highest BCUT2D eigenvalue weighted by Gasteiger charge is 2.25. The van der Waals surface area contributed by atoms with Crippen LogP contribution < -0.4 is 4.72 Å². The Morgan fingerprint density at radius 1 is 1.30 bits per heavy atom. The molecule has 3 heterocycles. The van der Waals surface area contributed by atoms with E-state index in [0.717, 1.165) is 12.3 Å². The molecule has 0 aliphatic heterocycles. The fourth-order valence-corrected chi connectivity index (χ4v) is 4.11. The number of nitrogens with zero attached hydrogens (tertiary/aromatic N) is 3. The van der Waals surface area contributed by atoms with E-state index in [1.165, 1.54) is 29.1 Å². The van der Waals surface area contributed by atoms with Crippen LogP contribution in [0, 0.1) is 5.82 Å². The molecule has 0 fully saturated rings. The summed E-state index contributed by atoms with van der Waals surface area (Å²) in [5.41, 5.74) is -0.299. The van der Waals surface area contributed by atoms with E-state index < -0.39 is 33.6 Å². The summed E-state index contributed by atoms with van der Waals surface area (Å²) >= 11 is 0. The van der Waals surface area contributed by atoms with Crippen molar-refractivity contribution in [3.8, 4) is 0 Å². The Balaban J connectivity index is 1.87. The molecule has 140 valence electrons. The number of anilines is 1. The molecule has 0 saturated carbocycles. The lowest BCUT2D eigenvalue weighted by Crippen LogP contribution is -2.15. The van der Waals surface area contributed by atoms with Crippen LogP contribution in [-0.4, -0.2) is 28.2 Å². The average molecular weight is 395 g/mol. The molecule has 0 atom stereocenters.